The van der Waals surface area contributed by atoms with Gasteiger partial charge in [0.25, 0.3) is 10.0 Å². The number of aromatic nitrogens is 2. The molecular formula is C22H24F3N3O6S2. The molecule has 1 saturated heterocycles. The van der Waals surface area contributed by atoms with E-state index >= 15 is 0 Å². The number of aromatic amines is 1. The van der Waals surface area contributed by atoms with Gasteiger partial charge >= 0.3 is 12.1 Å². The second-order valence-corrected chi connectivity index (χ2v) is 12.9. The van der Waals surface area contributed by atoms with Gasteiger partial charge in [-0.3, -0.25) is 9.11 Å². The number of rotatable bonds is 6. The molecule has 3 N–H and O–H groups in total. The molecule has 1 unspecified atom stereocenters. The highest BCUT2D eigenvalue weighted by molar-refractivity contribution is 8.24. The maximum atomic E-state index is 13.2. The first kappa shape index (κ1) is 26.4. The Bertz CT molecular complexity index is 1390. The fraction of sp³-hybridized carbons (Fsp3) is 0.364. The van der Waals surface area contributed by atoms with Gasteiger partial charge in [0, 0.05) is 23.0 Å². The number of nitrogens with zero attached hydrogens (tertiary/aromatic N) is 2. The van der Waals surface area contributed by atoms with Crippen LogP contribution in [0.15, 0.2) is 47.5 Å². The van der Waals surface area contributed by atoms with Crippen LogP contribution in [0.25, 0.3) is 22.2 Å². The number of H-pyrrole nitrogens is 1. The number of hydrogen-bond donors (Lipinski definition) is 3. The summed E-state index contributed by atoms with van der Waals surface area (Å²) in [4.78, 5) is 22.9. The summed E-state index contributed by atoms with van der Waals surface area (Å²) in [5.41, 5.74) is 3.01. The quantitative estimate of drug-likeness (QED) is 0.374. The SMILES string of the molecule is CC(C)c1cc2c(-c3ccc(S(=O)(=O)N(OC(=O)C(F)(F)F)C4CCS(O)(O)C4)cc3)ccnc2[nH]1. The molecule has 14 heteroatoms. The standard InChI is InChI=1S/C22H24F3N3O6S2/c1-13(2)19-11-18-17(7-9-26-20(18)27-19)14-3-5-16(6-4-14)36(32,33)28(34-21(29)22(23,24)25)15-8-10-35(30,31)12-15/h3-7,9,11,13,15,30-31H,8,10,12H2,1-2H3,(H,26,27). The fourth-order valence-electron chi connectivity index (χ4n) is 3.94. The van der Waals surface area contributed by atoms with Gasteiger partial charge in [0.05, 0.1) is 16.7 Å². The van der Waals surface area contributed by atoms with Crippen LogP contribution in [-0.4, -0.2) is 61.7 Å². The van der Waals surface area contributed by atoms with E-state index in [1.807, 2.05) is 19.9 Å². The average molecular weight is 548 g/mol. The first-order chi connectivity index (χ1) is 16.7. The van der Waals surface area contributed by atoms with E-state index < -0.39 is 49.4 Å². The van der Waals surface area contributed by atoms with Crippen LogP contribution in [-0.2, 0) is 19.7 Å². The molecule has 0 aliphatic carbocycles. The van der Waals surface area contributed by atoms with Crippen molar-refractivity contribution >= 4 is 37.6 Å². The van der Waals surface area contributed by atoms with Gasteiger partial charge < -0.3 is 9.82 Å². The van der Waals surface area contributed by atoms with E-state index in [9.17, 15) is 35.5 Å². The van der Waals surface area contributed by atoms with E-state index in [-0.39, 0.29) is 22.6 Å². The molecule has 0 amide bonds. The number of halogens is 3. The summed E-state index contributed by atoms with van der Waals surface area (Å²) in [6.07, 6.45) is -4.04. The fourth-order valence-corrected chi connectivity index (χ4v) is 7.19. The van der Waals surface area contributed by atoms with E-state index in [1.54, 1.807) is 12.3 Å². The molecule has 0 spiro atoms. The molecule has 36 heavy (non-hydrogen) atoms. The molecule has 3 aromatic rings. The van der Waals surface area contributed by atoms with E-state index in [1.165, 1.54) is 24.3 Å². The summed E-state index contributed by atoms with van der Waals surface area (Å²) in [7, 11) is -7.99. The number of fused-ring (bicyclic) bond motifs is 1. The summed E-state index contributed by atoms with van der Waals surface area (Å²) < 4.78 is 84.8. The van der Waals surface area contributed by atoms with Crippen molar-refractivity contribution in [3.63, 3.8) is 0 Å². The first-order valence-electron chi connectivity index (χ1n) is 10.8. The predicted molar refractivity (Wildman–Crippen MR) is 128 cm³/mol. The van der Waals surface area contributed by atoms with Crippen LogP contribution in [0.4, 0.5) is 13.2 Å². The Kier molecular flexibility index (Phi) is 6.85. The first-order valence-corrected chi connectivity index (χ1v) is 14.2. The molecule has 1 aliphatic heterocycles. The highest BCUT2D eigenvalue weighted by Crippen LogP contribution is 2.48. The van der Waals surface area contributed by atoms with Crippen LogP contribution in [0.2, 0.25) is 0 Å². The zero-order chi connectivity index (χ0) is 26.5. The van der Waals surface area contributed by atoms with Crippen LogP contribution >= 0.6 is 10.6 Å². The van der Waals surface area contributed by atoms with Crippen molar-refractivity contribution in [2.24, 2.45) is 0 Å². The van der Waals surface area contributed by atoms with Crippen LogP contribution < -0.4 is 0 Å². The van der Waals surface area contributed by atoms with Crippen molar-refractivity contribution in [1.29, 1.82) is 0 Å². The number of hydroxylamine groups is 1. The largest absolute Gasteiger partial charge is 0.492 e. The molecule has 0 saturated carbocycles. The van der Waals surface area contributed by atoms with Crippen LogP contribution in [0, 0.1) is 0 Å². The third kappa shape index (κ3) is 5.22. The molecule has 0 radical (unpaired) electrons. The molecular weight excluding hydrogens is 523 g/mol. The van der Waals surface area contributed by atoms with E-state index in [0.29, 0.717) is 11.2 Å². The Hall–Kier alpha value is -2.65. The van der Waals surface area contributed by atoms with Crippen molar-refractivity contribution in [2.45, 2.75) is 43.3 Å². The molecule has 1 aliphatic rings. The molecule has 1 aromatic carbocycles. The van der Waals surface area contributed by atoms with Crippen LogP contribution in [0.1, 0.15) is 31.9 Å². The van der Waals surface area contributed by atoms with E-state index in [0.717, 1.165) is 16.6 Å². The normalized spacial score (nSPS) is 19.2. The highest BCUT2D eigenvalue weighted by atomic mass is 32.3. The second-order valence-electron chi connectivity index (χ2n) is 8.78. The van der Waals surface area contributed by atoms with Crippen LogP contribution in [0.3, 0.4) is 0 Å². The number of pyridine rings is 1. The topological polar surface area (TPSA) is 133 Å². The number of carbonyl (C=O) groups is 1. The van der Waals surface area contributed by atoms with Crippen molar-refractivity contribution in [3.05, 3.63) is 48.3 Å². The molecule has 0 bridgehead atoms. The van der Waals surface area contributed by atoms with Gasteiger partial charge in [0.15, 0.2) is 0 Å². The summed E-state index contributed by atoms with van der Waals surface area (Å²) in [5, 5.41) is 0.814. The molecule has 4 rings (SSSR count). The minimum atomic E-state index is -5.45. The molecule has 1 fully saturated rings. The number of benzene rings is 1. The highest BCUT2D eigenvalue weighted by Gasteiger charge is 2.48. The third-order valence-electron chi connectivity index (χ3n) is 5.81. The Morgan fingerprint density at radius 1 is 1.22 bits per heavy atom. The Labute approximate surface area is 206 Å². The van der Waals surface area contributed by atoms with E-state index in [2.05, 4.69) is 14.8 Å². The summed E-state index contributed by atoms with van der Waals surface area (Å²) in [6, 6.07) is 7.68. The maximum Gasteiger partial charge on any atom is 0.492 e. The second kappa shape index (κ2) is 9.34. The lowest BCUT2D eigenvalue weighted by Crippen LogP contribution is -2.45. The summed E-state index contributed by atoms with van der Waals surface area (Å²) in [6.45, 7) is 4.04. The molecule has 3 heterocycles. The zero-order valence-electron chi connectivity index (χ0n) is 19.2. The summed E-state index contributed by atoms with van der Waals surface area (Å²) in [5.74, 6) is -3.27. The van der Waals surface area contributed by atoms with Gasteiger partial charge in [-0.15, -0.1) is 0 Å². The number of hydrogen-bond acceptors (Lipinski definition) is 7. The Morgan fingerprint density at radius 2 is 1.89 bits per heavy atom. The monoisotopic (exact) mass is 547 g/mol. The lowest BCUT2D eigenvalue weighted by molar-refractivity contribution is -0.226. The molecule has 9 nitrogen and oxygen atoms in total. The lowest BCUT2D eigenvalue weighted by Gasteiger charge is -2.29. The molecule has 2 aromatic heterocycles. The van der Waals surface area contributed by atoms with Crippen molar-refractivity contribution in [2.75, 3.05) is 11.5 Å². The van der Waals surface area contributed by atoms with Gasteiger partial charge in [0.2, 0.25) is 0 Å². The predicted octanol–water partition coefficient (Wildman–Crippen LogP) is 4.89. The number of carbonyl (C=O) groups excluding carboxylic acids is 1. The van der Waals surface area contributed by atoms with Gasteiger partial charge in [-0.25, -0.2) is 18.2 Å². The average Bonchev–Trinajstić information content (AvgIpc) is 3.39. The minimum Gasteiger partial charge on any atom is -0.345 e. The number of nitrogens with one attached hydrogen (secondary N) is 1. The van der Waals surface area contributed by atoms with Gasteiger partial charge in [-0.2, -0.15) is 23.8 Å². The van der Waals surface area contributed by atoms with Gasteiger partial charge in [-0.05, 0) is 52.2 Å². The molecule has 196 valence electrons. The number of alkyl halides is 3. The number of sulfonamides is 1. The lowest BCUT2D eigenvalue weighted by atomic mass is 10.0. The zero-order valence-corrected chi connectivity index (χ0v) is 20.8. The minimum absolute atomic E-state index is 0.0509. The van der Waals surface area contributed by atoms with E-state index in [4.69, 9.17) is 0 Å². The van der Waals surface area contributed by atoms with Gasteiger partial charge in [0.1, 0.15) is 5.65 Å². The van der Waals surface area contributed by atoms with Gasteiger partial charge in [-0.1, -0.05) is 26.0 Å². The van der Waals surface area contributed by atoms with Crippen molar-refractivity contribution < 1.29 is 40.3 Å². The third-order valence-corrected chi connectivity index (χ3v) is 9.34. The van der Waals surface area contributed by atoms with Crippen molar-refractivity contribution in [1.82, 2.24) is 14.4 Å². The Morgan fingerprint density at radius 3 is 2.44 bits per heavy atom. The van der Waals surface area contributed by atoms with Crippen molar-refractivity contribution in [3.8, 4) is 11.1 Å². The Balaban J connectivity index is 1.69. The maximum absolute atomic E-state index is 13.2. The molecule has 1 atom stereocenters. The smallest absolute Gasteiger partial charge is 0.345 e. The van der Waals surface area contributed by atoms with Crippen LogP contribution in [0.5, 0.6) is 0 Å². The summed E-state index contributed by atoms with van der Waals surface area (Å²) >= 11 is 0.